The van der Waals surface area contributed by atoms with Crippen molar-refractivity contribution in [3.05, 3.63) is 64.3 Å². The molecule has 2 aliphatic carbocycles. The van der Waals surface area contributed by atoms with Gasteiger partial charge in [0.15, 0.2) is 23.6 Å². The molecule has 2 aliphatic rings. The van der Waals surface area contributed by atoms with E-state index in [1.54, 1.807) is 0 Å². The first kappa shape index (κ1) is 18.6. The first-order valence-corrected chi connectivity index (χ1v) is 8.07. The summed E-state index contributed by atoms with van der Waals surface area (Å²) in [5, 5.41) is 10.5. The van der Waals surface area contributed by atoms with E-state index in [1.165, 1.54) is 0 Å². The van der Waals surface area contributed by atoms with Gasteiger partial charge in [0.2, 0.25) is 5.67 Å². The van der Waals surface area contributed by atoms with Gasteiger partial charge < -0.3 is 9.84 Å². The minimum absolute atomic E-state index is 0.146. The van der Waals surface area contributed by atoms with Gasteiger partial charge in [-0.2, -0.15) is 8.78 Å². The van der Waals surface area contributed by atoms with Gasteiger partial charge in [-0.25, -0.2) is 22.4 Å². The lowest BCUT2D eigenvalue weighted by Crippen LogP contribution is -2.54. The van der Waals surface area contributed by atoms with Crippen molar-refractivity contribution in [1.82, 2.24) is 0 Å². The van der Waals surface area contributed by atoms with Gasteiger partial charge in [0.05, 0.1) is 6.57 Å². The highest BCUT2D eigenvalue weighted by Gasteiger charge is 2.79. The third-order valence-electron chi connectivity index (χ3n) is 5.38. The summed E-state index contributed by atoms with van der Waals surface area (Å²) in [6, 6.07) is 4.45. The molecule has 0 heterocycles. The molecular weight excluding hydrogens is 388 g/mol. The summed E-state index contributed by atoms with van der Waals surface area (Å²) in [5.41, 5.74) is -10.1. The van der Waals surface area contributed by atoms with Gasteiger partial charge in [-0.3, -0.25) is 0 Å². The zero-order valence-electron chi connectivity index (χ0n) is 14.1. The van der Waals surface area contributed by atoms with Crippen LogP contribution in [0.25, 0.3) is 4.85 Å². The Morgan fingerprint density at radius 2 is 1.82 bits per heavy atom. The van der Waals surface area contributed by atoms with Crippen LogP contribution in [0.4, 0.5) is 32.0 Å². The summed E-state index contributed by atoms with van der Waals surface area (Å²) < 4.78 is 92.0. The minimum Gasteiger partial charge on any atom is -0.458 e. The molecule has 3 nitrogen and oxygen atoms in total. The fourth-order valence-electron chi connectivity index (χ4n) is 3.92. The Morgan fingerprint density at radius 1 is 1.14 bits per heavy atom. The molecule has 4 atom stereocenters. The van der Waals surface area contributed by atoms with E-state index in [0.29, 0.717) is 13.0 Å². The molecule has 1 N–H and O–H groups in total. The van der Waals surface area contributed by atoms with Crippen LogP contribution in [-0.4, -0.2) is 16.9 Å². The molecule has 0 amide bonds. The fraction of sp³-hybridized carbons (Fsp3) is 0.316. The van der Waals surface area contributed by atoms with E-state index in [1.807, 2.05) is 0 Å². The van der Waals surface area contributed by atoms with E-state index < -0.39 is 57.8 Å². The maximum absolute atomic E-state index is 14.9. The van der Waals surface area contributed by atoms with Crippen molar-refractivity contribution in [2.45, 2.75) is 36.5 Å². The number of alkyl halides is 5. The van der Waals surface area contributed by atoms with E-state index in [2.05, 4.69) is 4.85 Å². The molecule has 0 bridgehead atoms. The molecule has 146 valence electrons. The van der Waals surface area contributed by atoms with Crippen LogP contribution in [-0.2, 0) is 11.5 Å². The minimum atomic E-state index is -4.27. The van der Waals surface area contributed by atoms with E-state index >= 15 is 0 Å². The molecule has 2 aromatic rings. The van der Waals surface area contributed by atoms with Gasteiger partial charge in [0.25, 0.3) is 0 Å². The molecule has 9 heteroatoms. The Kier molecular flexibility index (Phi) is 3.60. The highest BCUT2D eigenvalue weighted by atomic mass is 19.3. The van der Waals surface area contributed by atoms with E-state index in [-0.39, 0.29) is 11.4 Å². The van der Waals surface area contributed by atoms with Gasteiger partial charge in [-0.05, 0) is 31.2 Å². The van der Waals surface area contributed by atoms with Crippen LogP contribution >= 0.6 is 0 Å². The number of rotatable bonds is 2. The third-order valence-corrected chi connectivity index (χ3v) is 5.38. The Morgan fingerprint density at radius 3 is 2.46 bits per heavy atom. The Balaban J connectivity index is 1.92. The predicted molar refractivity (Wildman–Crippen MR) is 85.2 cm³/mol. The SMILES string of the molecule is [C-]#[N+]c1cc(F)cc(Oc2ccc3c4c2[C@@H](F)[C@H](F)[C@]4(O)C(C)(F)C3(F)F)c1. The molecule has 1 unspecified atom stereocenters. The first-order valence-electron chi connectivity index (χ1n) is 8.07. The van der Waals surface area contributed by atoms with E-state index in [4.69, 9.17) is 11.3 Å². The van der Waals surface area contributed by atoms with Crippen LogP contribution < -0.4 is 4.74 Å². The second kappa shape index (κ2) is 5.41. The quantitative estimate of drug-likeness (QED) is 0.531. The second-order valence-electron chi connectivity index (χ2n) is 6.91. The van der Waals surface area contributed by atoms with Crippen LogP contribution in [0.15, 0.2) is 30.3 Å². The van der Waals surface area contributed by atoms with Crippen molar-refractivity contribution < 1.29 is 36.2 Å². The molecule has 2 aromatic carbocycles. The molecule has 0 fully saturated rings. The molecule has 0 aliphatic heterocycles. The number of aliphatic hydroxyl groups is 1. The number of hydrogen-bond donors (Lipinski definition) is 1. The topological polar surface area (TPSA) is 33.8 Å². The normalized spacial score (nSPS) is 32.1. The van der Waals surface area contributed by atoms with Crippen LogP contribution in [0.5, 0.6) is 11.5 Å². The summed E-state index contributed by atoms with van der Waals surface area (Å²) in [7, 11) is 0. The smallest absolute Gasteiger partial charge is 0.309 e. The van der Waals surface area contributed by atoms with Crippen LogP contribution in [0.3, 0.4) is 0 Å². The molecule has 0 aromatic heterocycles. The molecule has 0 spiro atoms. The van der Waals surface area contributed by atoms with Gasteiger partial charge in [0, 0.05) is 22.8 Å². The van der Waals surface area contributed by atoms with Gasteiger partial charge in [-0.15, -0.1) is 0 Å². The van der Waals surface area contributed by atoms with Crippen molar-refractivity contribution in [2.75, 3.05) is 0 Å². The maximum Gasteiger partial charge on any atom is 0.309 e. The number of nitrogens with zero attached hydrogens (tertiary/aromatic N) is 1. The van der Waals surface area contributed by atoms with E-state index in [0.717, 1.165) is 24.3 Å². The monoisotopic (exact) mass is 399 g/mol. The van der Waals surface area contributed by atoms with Crippen molar-refractivity contribution in [3.63, 3.8) is 0 Å². The average Bonchev–Trinajstić information content (AvgIpc) is 2.90. The van der Waals surface area contributed by atoms with Crippen molar-refractivity contribution in [2.24, 2.45) is 0 Å². The molecule has 0 saturated carbocycles. The molecule has 0 radical (unpaired) electrons. The Hall–Kier alpha value is -2.73. The highest BCUT2D eigenvalue weighted by molar-refractivity contribution is 5.62. The average molecular weight is 399 g/mol. The summed E-state index contributed by atoms with van der Waals surface area (Å²) >= 11 is 0. The van der Waals surface area contributed by atoms with E-state index in [9.17, 15) is 31.4 Å². The zero-order chi connectivity index (χ0) is 20.6. The molecule has 0 saturated heterocycles. The number of ether oxygens (including phenoxy) is 1. The second-order valence-corrected chi connectivity index (χ2v) is 6.91. The maximum atomic E-state index is 14.9. The lowest BCUT2D eigenvalue weighted by molar-refractivity contribution is -0.233. The standard InChI is InChI=1S/C19H11F6NO2/c1-17(23)18(27)14-11(19(17,24)25)3-4-12(13(14)15(21)16(18)22)28-10-6-8(20)5-9(7-10)26-2/h3-7,15-16,27H,1H3/t15-,16+,17?,18+/m1/s1. The number of halogens is 6. The number of hydrogen-bond acceptors (Lipinski definition) is 2. The Labute approximate surface area is 155 Å². The fourth-order valence-corrected chi connectivity index (χ4v) is 3.92. The summed E-state index contributed by atoms with van der Waals surface area (Å²) in [6.07, 6.45) is -5.64. The van der Waals surface area contributed by atoms with Gasteiger partial charge >= 0.3 is 5.92 Å². The van der Waals surface area contributed by atoms with Crippen LogP contribution in [0, 0.1) is 12.4 Å². The van der Waals surface area contributed by atoms with Crippen molar-refractivity contribution in [3.8, 4) is 11.5 Å². The third kappa shape index (κ3) is 1.98. The van der Waals surface area contributed by atoms with Crippen LogP contribution in [0.2, 0.25) is 0 Å². The summed E-state index contributed by atoms with van der Waals surface area (Å²) in [4.78, 5) is 3.03. The molecule has 28 heavy (non-hydrogen) atoms. The lowest BCUT2D eigenvalue weighted by Gasteiger charge is -2.35. The lowest BCUT2D eigenvalue weighted by atomic mass is 9.84. The molecular formula is C19H11F6NO2. The molecule has 4 rings (SSSR count). The largest absolute Gasteiger partial charge is 0.458 e. The summed E-state index contributed by atoms with van der Waals surface area (Å²) in [5.74, 6) is -5.88. The zero-order valence-corrected chi connectivity index (χ0v) is 14.1. The van der Waals surface area contributed by atoms with Crippen molar-refractivity contribution in [1.29, 1.82) is 0 Å². The predicted octanol–water partition coefficient (Wildman–Crippen LogP) is 5.55. The Bertz CT molecular complexity index is 1050. The van der Waals surface area contributed by atoms with Gasteiger partial charge in [0.1, 0.15) is 17.3 Å². The highest BCUT2D eigenvalue weighted by Crippen LogP contribution is 2.68. The van der Waals surface area contributed by atoms with Gasteiger partial charge in [-0.1, -0.05) is 0 Å². The summed E-state index contributed by atoms with van der Waals surface area (Å²) in [6.45, 7) is 7.22. The first-order chi connectivity index (χ1) is 13.0. The number of benzene rings is 2. The van der Waals surface area contributed by atoms with Crippen LogP contribution in [0.1, 0.15) is 29.8 Å². The van der Waals surface area contributed by atoms with Crippen molar-refractivity contribution >= 4 is 5.69 Å².